The lowest BCUT2D eigenvalue weighted by molar-refractivity contribution is -0.129. The van der Waals surface area contributed by atoms with E-state index in [1.165, 1.54) is 18.4 Å². The number of hydrogen-bond acceptors (Lipinski definition) is 7. The molecule has 1 atom stereocenters. The highest BCUT2D eigenvalue weighted by Gasteiger charge is 2.25. The van der Waals surface area contributed by atoms with E-state index in [2.05, 4.69) is 39.3 Å². The number of likely N-dealkylation sites (tertiary alicyclic amines) is 1. The predicted octanol–water partition coefficient (Wildman–Crippen LogP) is 2.82. The molecule has 0 radical (unpaired) electrons. The van der Waals surface area contributed by atoms with Gasteiger partial charge in [-0.15, -0.1) is 0 Å². The lowest BCUT2D eigenvalue weighted by Crippen LogP contribution is -2.38. The van der Waals surface area contributed by atoms with Crippen LogP contribution in [0.3, 0.4) is 0 Å². The van der Waals surface area contributed by atoms with Crippen molar-refractivity contribution in [3.8, 4) is 0 Å². The van der Waals surface area contributed by atoms with Gasteiger partial charge in [-0.2, -0.15) is 0 Å². The fourth-order valence-corrected chi connectivity index (χ4v) is 4.99. The molecule has 35 heavy (non-hydrogen) atoms. The van der Waals surface area contributed by atoms with Crippen LogP contribution in [0.4, 0.5) is 17.3 Å². The SMILES string of the molecule is CN1CCC(c2ccc(Nc3nc(N4CCC[C@@H](CC(=O)N(C)C)C4)cnc3C(N)=O)cc2)CC1. The molecule has 2 aliphatic heterocycles. The van der Waals surface area contributed by atoms with E-state index in [9.17, 15) is 9.59 Å². The first-order valence-electron chi connectivity index (χ1n) is 12.5. The van der Waals surface area contributed by atoms with Crippen LogP contribution >= 0.6 is 0 Å². The number of nitrogens with two attached hydrogens (primary N) is 1. The van der Waals surface area contributed by atoms with E-state index in [4.69, 9.17) is 10.7 Å². The second-order valence-corrected chi connectivity index (χ2v) is 10.1. The Hall–Kier alpha value is -3.20. The number of amides is 2. The van der Waals surface area contributed by atoms with Crippen LogP contribution in [-0.2, 0) is 4.79 Å². The topological polar surface area (TPSA) is 108 Å². The second kappa shape index (κ2) is 11.0. The van der Waals surface area contributed by atoms with E-state index in [-0.39, 0.29) is 17.5 Å². The van der Waals surface area contributed by atoms with Gasteiger partial charge in [0.1, 0.15) is 5.82 Å². The summed E-state index contributed by atoms with van der Waals surface area (Å²) < 4.78 is 0. The average Bonchev–Trinajstić information content (AvgIpc) is 2.85. The molecule has 3 N–H and O–H groups in total. The lowest BCUT2D eigenvalue weighted by atomic mass is 9.89. The summed E-state index contributed by atoms with van der Waals surface area (Å²) in [7, 11) is 5.74. The molecule has 2 amide bonds. The first kappa shape index (κ1) is 24.9. The van der Waals surface area contributed by atoms with E-state index < -0.39 is 5.91 Å². The molecule has 4 rings (SSSR count). The Morgan fingerprint density at radius 2 is 1.83 bits per heavy atom. The van der Waals surface area contributed by atoms with Gasteiger partial charge >= 0.3 is 0 Å². The van der Waals surface area contributed by atoms with Gasteiger partial charge in [0.15, 0.2) is 11.5 Å². The van der Waals surface area contributed by atoms with E-state index >= 15 is 0 Å². The van der Waals surface area contributed by atoms with Crippen LogP contribution in [0.1, 0.15) is 54.1 Å². The predicted molar refractivity (Wildman–Crippen MR) is 138 cm³/mol. The molecule has 9 nitrogen and oxygen atoms in total. The van der Waals surface area contributed by atoms with E-state index in [0.29, 0.717) is 24.0 Å². The van der Waals surface area contributed by atoms with Crippen molar-refractivity contribution in [3.63, 3.8) is 0 Å². The van der Waals surface area contributed by atoms with Crippen molar-refractivity contribution in [1.82, 2.24) is 19.8 Å². The van der Waals surface area contributed by atoms with E-state index in [0.717, 1.165) is 44.7 Å². The van der Waals surface area contributed by atoms with Crippen molar-refractivity contribution in [2.75, 3.05) is 57.5 Å². The molecular weight excluding hydrogens is 442 g/mol. The normalized spacial score (nSPS) is 19.4. The minimum Gasteiger partial charge on any atom is -0.364 e. The average molecular weight is 480 g/mol. The lowest BCUT2D eigenvalue weighted by Gasteiger charge is -2.33. The molecule has 2 saturated heterocycles. The van der Waals surface area contributed by atoms with E-state index in [1.807, 2.05) is 12.1 Å². The molecule has 1 aromatic carbocycles. The maximum atomic E-state index is 12.2. The molecule has 0 spiro atoms. The summed E-state index contributed by atoms with van der Waals surface area (Å²) in [5.41, 5.74) is 7.88. The fraction of sp³-hybridized carbons (Fsp3) is 0.538. The zero-order valence-corrected chi connectivity index (χ0v) is 21.0. The van der Waals surface area contributed by atoms with Gasteiger partial charge in [0.25, 0.3) is 5.91 Å². The Labute approximate surface area is 207 Å². The van der Waals surface area contributed by atoms with Crippen LogP contribution < -0.4 is 16.0 Å². The number of nitrogens with zero attached hydrogens (tertiary/aromatic N) is 5. The van der Waals surface area contributed by atoms with Gasteiger partial charge in [0, 0.05) is 39.3 Å². The molecule has 2 aromatic rings. The Morgan fingerprint density at radius 3 is 2.49 bits per heavy atom. The van der Waals surface area contributed by atoms with Gasteiger partial charge in [-0.25, -0.2) is 9.97 Å². The first-order chi connectivity index (χ1) is 16.8. The Kier molecular flexibility index (Phi) is 7.85. The van der Waals surface area contributed by atoms with Crippen molar-refractivity contribution >= 4 is 29.1 Å². The Balaban J connectivity index is 1.48. The maximum Gasteiger partial charge on any atom is 0.271 e. The van der Waals surface area contributed by atoms with Crippen molar-refractivity contribution < 1.29 is 9.59 Å². The fourth-order valence-electron chi connectivity index (χ4n) is 4.99. The van der Waals surface area contributed by atoms with Crippen LogP contribution in [0.2, 0.25) is 0 Å². The third-order valence-corrected chi connectivity index (χ3v) is 7.16. The van der Waals surface area contributed by atoms with Crippen LogP contribution in [0, 0.1) is 5.92 Å². The van der Waals surface area contributed by atoms with Crippen LogP contribution in [0.5, 0.6) is 0 Å². The zero-order chi connectivity index (χ0) is 24.9. The molecule has 2 aliphatic rings. The first-order valence-corrected chi connectivity index (χ1v) is 12.5. The highest BCUT2D eigenvalue weighted by molar-refractivity contribution is 5.96. The number of carbonyl (C=O) groups is 2. The number of rotatable bonds is 7. The number of benzene rings is 1. The third kappa shape index (κ3) is 6.28. The molecular formula is C26H37N7O2. The minimum atomic E-state index is -0.623. The zero-order valence-electron chi connectivity index (χ0n) is 21.0. The molecule has 0 aliphatic carbocycles. The summed E-state index contributed by atoms with van der Waals surface area (Å²) in [6, 6.07) is 8.35. The van der Waals surface area contributed by atoms with Gasteiger partial charge in [0.05, 0.1) is 6.20 Å². The van der Waals surface area contributed by atoms with Crippen molar-refractivity contribution in [2.24, 2.45) is 11.7 Å². The number of aromatic nitrogens is 2. The number of primary amides is 1. The summed E-state index contributed by atoms with van der Waals surface area (Å²) in [5, 5.41) is 3.26. The molecule has 1 aromatic heterocycles. The quantitative estimate of drug-likeness (QED) is 0.629. The largest absolute Gasteiger partial charge is 0.364 e. The maximum absolute atomic E-state index is 12.2. The number of anilines is 3. The van der Waals surface area contributed by atoms with E-state index in [1.54, 1.807) is 25.2 Å². The van der Waals surface area contributed by atoms with Crippen molar-refractivity contribution in [3.05, 3.63) is 41.7 Å². The molecule has 2 fully saturated rings. The molecule has 0 unspecified atom stereocenters. The van der Waals surface area contributed by atoms with Gasteiger partial charge in [-0.1, -0.05) is 12.1 Å². The monoisotopic (exact) mass is 479 g/mol. The van der Waals surface area contributed by atoms with Gasteiger partial charge in [0.2, 0.25) is 5.91 Å². The molecule has 188 valence electrons. The summed E-state index contributed by atoms with van der Waals surface area (Å²) in [6.07, 6.45) is 6.44. The van der Waals surface area contributed by atoms with Crippen molar-refractivity contribution in [1.29, 1.82) is 0 Å². The number of piperidine rings is 2. The smallest absolute Gasteiger partial charge is 0.271 e. The van der Waals surface area contributed by atoms with Crippen LogP contribution in [0.25, 0.3) is 0 Å². The molecule has 0 bridgehead atoms. The molecule has 0 saturated carbocycles. The summed E-state index contributed by atoms with van der Waals surface area (Å²) >= 11 is 0. The van der Waals surface area contributed by atoms with Gasteiger partial charge in [-0.3, -0.25) is 9.59 Å². The van der Waals surface area contributed by atoms with Gasteiger partial charge in [-0.05, 0) is 75.4 Å². The summed E-state index contributed by atoms with van der Waals surface area (Å²) in [4.78, 5) is 39.5. The van der Waals surface area contributed by atoms with Crippen LogP contribution in [0.15, 0.2) is 30.5 Å². The minimum absolute atomic E-state index is 0.115. The second-order valence-electron chi connectivity index (χ2n) is 10.1. The van der Waals surface area contributed by atoms with Crippen LogP contribution in [-0.4, -0.2) is 78.9 Å². The number of carbonyl (C=O) groups excluding carboxylic acids is 2. The van der Waals surface area contributed by atoms with Gasteiger partial charge < -0.3 is 25.8 Å². The highest BCUT2D eigenvalue weighted by atomic mass is 16.2. The third-order valence-electron chi connectivity index (χ3n) is 7.16. The van der Waals surface area contributed by atoms with Crippen molar-refractivity contribution in [2.45, 2.75) is 38.0 Å². The molecule has 3 heterocycles. The standard InChI is InChI=1S/C26H37N7O2/c1-31(2)23(34)15-18-5-4-12-33(17-18)22-16-28-24(25(27)35)26(30-22)29-21-8-6-19(7-9-21)20-10-13-32(3)14-11-20/h6-9,16,18,20H,4-5,10-15,17H2,1-3H3,(H2,27,35)(H,29,30)/t18-/m0/s1. The Bertz CT molecular complexity index is 1030. The summed E-state index contributed by atoms with van der Waals surface area (Å²) in [6.45, 7) is 3.81. The molecule has 9 heteroatoms. The Morgan fingerprint density at radius 1 is 1.11 bits per heavy atom. The highest BCUT2D eigenvalue weighted by Crippen LogP contribution is 2.30. The number of hydrogen-bond donors (Lipinski definition) is 2. The number of nitrogens with one attached hydrogen (secondary N) is 1. The summed E-state index contributed by atoms with van der Waals surface area (Å²) in [5.74, 6) is 1.40.